The number of carbonyl (C=O) groups is 2. The predicted molar refractivity (Wildman–Crippen MR) is 114 cm³/mol. The monoisotopic (exact) mass is 427 g/mol. The van der Waals surface area contributed by atoms with Gasteiger partial charge < -0.3 is 15.0 Å². The third kappa shape index (κ3) is 4.35. The summed E-state index contributed by atoms with van der Waals surface area (Å²) in [5.74, 6) is -0.343. The van der Waals surface area contributed by atoms with Gasteiger partial charge in [-0.1, -0.05) is 23.7 Å². The second kappa shape index (κ2) is 9.14. The van der Waals surface area contributed by atoms with Crippen LogP contribution in [0.2, 0.25) is 5.02 Å². The lowest BCUT2D eigenvalue weighted by Gasteiger charge is -2.37. The van der Waals surface area contributed by atoms with Crippen LogP contribution < -0.4 is 5.32 Å². The molecule has 3 heterocycles. The number of rotatable bonds is 5. The molecule has 30 heavy (non-hydrogen) atoms. The summed E-state index contributed by atoms with van der Waals surface area (Å²) >= 11 is 6.25. The van der Waals surface area contributed by atoms with E-state index in [1.54, 1.807) is 29.4 Å². The highest BCUT2D eigenvalue weighted by atomic mass is 35.5. The van der Waals surface area contributed by atoms with Gasteiger partial charge in [0.05, 0.1) is 16.5 Å². The zero-order chi connectivity index (χ0) is 21.0. The Balaban J connectivity index is 1.46. The van der Waals surface area contributed by atoms with Gasteiger partial charge in [0.1, 0.15) is 0 Å². The summed E-state index contributed by atoms with van der Waals surface area (Å²) in [4.78, 5) is 32.1. The highest BCUT2D eigenvalue weighted by Crippen LogP contribution is 2.45. The van der Waals surface area contributed by atoms with Crippen LogP contribution in [0.3, 0.4) is 0 Å². The fourth-order valence-electron chi connectivity index (χ4n) is 4.58. The summed E-state index contributed by atoms with van der Waals surface area (Å²) in [6, 6.07) is 11.0. The zero-order valence-corrected chi connectivity index (χ0v) is 17.6. The minimum Gasteiger partial charge on any atom is -0.381 e. The number of nitrogens with one attached hydrogen (secondary N) is 1. The number of halogens is 1. The van der Waals surface area contributed by atoms with Gasteiger partial charge in [0.25, 0.3) is 5.91 Å². The zero-order valence-electron chi connectivity index (χ0n) is 16.9. The maximum absolute atomic E-state index is 13.2. The van der Waals surface area contributed by atoms with Gasteiger partial charge in [-0.2, -0.15) is 0 Å². The molecule has 1 spiro atoms. The molecule has 1 unspecified atom stereocenters. The Morgan fingerprint density at radius 3 is 2.63 bits per heavy atom. The fourth-order valence-corrected chi connectivity index (χ4v) is 4.79. The van der Waals surface area contributed by atoms with E-state index in [9.17, 15) is 9.59 Å². The summed E-state index contributed by atoms with van der Waals surface area (Å²) in [6.07, 6.45) is 5.82. The number of hydrogen-bond donors (Lipinski definition) is 1. The van der Waals surface area contributed by atoms with Crippen molar-refractivity contribution >= 4 is 23.4 Å². The first-order chi connectivity index (χ1) is 14.6. The van der Waals surface area contributed by atoms with E-state index < -0.39 is 0 Å². The Bertz CT molecular complexity index is 900. The van der Waals surface area contributed by atoms with E-state index in [1.165, 1.54) is 0 Å². The lowest BCUT2D eigenvalue weighted by molar-refractivity contribution is -0.129. The first-order valence-corrected chi connectivity index (χ1v) is 10.7. The molecule has 0 radical (unpaired) electrons. The van der Waals surface area contributed by atoms with Crippen LogP contribution in [0.25, 0.3) is 0 Å². The van der Waals surface area contributed by atoms with Crippen LogP contribution in [0.5, 0.6) is 0 Å². The van der Waals surface area contributed by atoms with Crippen LogP contribution in [0.1, 0.15) is 28.8 Å². The van der Waals surface area contributed by atoms with Gasteiger partial charge in [-0.15, -0.1) is 0 Å². The number of carbonyl (C=O) groups excluding carboxylic acids is 2. The van der Waals surface area contributed by atoms with Crippen molar-refractivity contribution in [3.63, 3.8) is 0 Å². The van der Waals surface area contributed by atoms with Crippen molar-refractivity contribution in [1.82, 2.24) is 15.2 Å². The van der Waals surface area contributed by atoms with Crippen LogP contribution in [0.4, 0.5) is 0 Å². The average molecular weight is 428 g/mol. The summed E-state index contributed by atoms with van der Waals surface area (Å²) in [5.41, 5.74) is 1.38. The van der Waals surface area contributed by atoms with Gasteiger partial charge in [0.15, 0.2) is 0 Å². The Morgan fingerprint density at radius 2 is 1.90 bits per heavy atom. The number of nitrogens with zero attached hydrogens (tertiary/aromatic N) is 2. The maximum atomic E-state index is 13.2. The number of hydrogen-bond acceptors (Lipinski definition) is 4. The molecule has 2 aromatic rings. The molecule has 158 valence electrons. The fraction of sp³-hybridized carbons (Fsp3) is 0.435. The van der Waals surface area contributed by atoms with Gasteiger partial charge in [-0.3, -0.25) is 14.6 Å². The third-order valence-corrected chi connectivity index (χ3v) is 6.64. The third-order valence-electron chi connectivity index (χ3n) is 6.31. The van der Waals surface area contributed by atoms with Gasteiger partial charge in [0, 0.05) is 50.7 Å². The van der Waals surface area contributed by atoms with E-state index in [4.69, 9.17) is 16.3 Å². The Hall–Kier alpha value is -2.44. The number of amides is 2. The number of aromatic nitrogens is 1. The Labute approximate surface area is 181 Å². The molecule has 4 rings (SSSR count). The first-order valence-electron chi connectivity index (χ1n) is 10.4. The molecule has 6 nitrogen and oxygen atoms in total. The molecule has 0 aliphatic carbocycles. The molecule has 1 atom stereocenters. The highest BCUT2D eigenvalue weighted by Gasteiger charge is 2.51. The summed E-state index contributed by atoms with van der Waals surface area (Å²) < 4.78 is 5.56. The van der Waals surface area contributed by atoms with E-state index in [2.05, 4.69) is 10.3 Å². The van der Waals surface area contributed by atoms with Gasteiger partial charge in [-0.05, 0) is 49.1 Å². The number of pyridine rings is 1. The second-order valence-corrected chi connectivity index (χ2v) is 8.50. The normalized spacial score (nSPS) is 20.3. The summed E-state index contributed by atoms with van der Waals surface area (Å²) in [6.45, 7) is 2.77. The molecule has 1 aromatic heterocycles. The van der Waals surface area contributed by atoms with Crippen molar-refractivity contribution in [2.75, 3.05) is 32.8 Å². The molecule has 2 saturated heterocycles. The number of benzene rings is 1. The average Bonchev–Trinajstić information content (AvgIpc) is 3.13. The van der Waals surface area contributed by atoms with Crippen molar-refractivity contribution in [3.8, 4) is 0 Å². The molecule has 2 aliphatic rings. The van der Waals surface area contributed by atoms with E-state index in [1.807, 2.05) is 24.3 Å². The number of likely N-dealkylation sites (tertiary alicyclic amines) is 1. The molecule has 0 bridgehead atoms. The quantitative estimate of drug-likeness (QED) is 0.796. The minimum absolute atomic E-state index is 0.0143. The topological polar surface area (TPSA) is 71.5 Å². The van der Waals surface area contributed by atoms with Crippen LogP contribution in [0, 0.1) is 11.3 Å². The lowest BCUT2D eigenvalue weighted by Crippen LogP contribution is -2.44. The Kier molecular flexibility index (Phi) is 6.35. The first kappa shape index (κ1) is 20.8. The summed E-state index contributed by atoms with van der Waals surface area (Å²) in [7, 11) is 0. The predicted octanol–water partition coefficient (Wildman–Crippen LogP) is 2.96. The van der Waals surface area contributed by atoms with Crippen molar-refractivity contribution < 1.29 is 14.3 Å². The van der Waals surface area contributed by atoms with Crippen molar-refractivity contribution in [2.24, 2.45) is 11.3 Å². The van der Waals surface area contributed by atoms with Crippen molar-refractivity contribution in [2.45, 2.75) is 19.3 Å². The van der Waals surface area contributed by atoms with Crippen LogP contribution in [-0.4, -0.2) is 54.5 Å². The van der Waals surface area contributed by atoms with Gasteiger partial charge in [0.2, 0.25) is 5.91 Å². The van der Waals surface area contributed by atoms with Crippen LogP contribution in [-0.2, 0) is 16.0 Å². The Morgan fingerprint density at radius 1 is 1.17 bits per heavy atom. The maximum Gasteiger partial charge on any atom is 0.255 e. The molecule has 1 aromatic carbocycles. The second-order valence-electron chi connectivity index (χ2n) is 8.09. The van der Waals surface area contributed by atoms with Gasteiger partial charge >= 0.3 is 0 Å². The molecule has 2 fully saturated rings. The largest absolute Gasteiger partial charge is 0.381 e. The van der Waals surface area contributed by atoms with Crippen molar-refractivity contribution in [1.29, 1.82) is 0 Å². The molecule has 7 heteroatoms. The van der Waals surface area contributed by atoms with E-state index in [0.29, 0.717) is 43.4 Å². The van der Waals surface area contributed by atoms with Crippen LogP contribution >= 0.6 is 11.6 Å². The van der Waals surface area contributed by atoms with Crippen molar-refractivity contribution in [3.05, 3.63) is 64.9 Å². The van der Waals surface area contributed by atoms with E-state index in [-0.39, 0.29) is 23.1 Å². The molecular formula is C23H26ClN3O3. The molecular weight excluding hydrogens is 402 g/mol. The van der Waals surface area contributed by atoms with Crippen LogP contribution in [0.15, 0.2) is 48.8 Å². The van der Waals surface area contributed by atoms with E-state index >= 15 is 0 Å². The summed E-state index contributed by atoms with van der Waals surface area (Å²) in [5, 5.41) is 3.53. The SMILES string of the molecule is O=C(NCCc1ccncc1)C1CN(C(=O)c2ccccc2Cl)CC12CCOCC2. The molecule has 1 N–H and O–H groups in total. The molecule has 2 amide bonds. The van der Waals surface area contributed by atoms with Gasteiger partial charge in [-0.25, -0.2) is 0 Å². The standard InChI is InChI=1S/C23H26ClN3O3/c24-20-4-2-1-3-18(20)22(29)27-15-19(23(16-27)8-13-30-14-9-23)21(28)26-12-7-17-5-10-25-11-6-17/h1-6,10-11,19H,7-9,12-16H2,(H,26,28). The number of ether oxygens (including phenoxy) is 1. The smallest absolute Gasteiger partial charge is 0.255 e. The molecule has 2 aliphatic heterocycles. The van der Waals surface area contributed by atoms with E-state index in [0.717, 1.165) is 24.8 Å². The molecule has 0 saturated carbocycles. The minimum atomic E-state index is -0.245. The highest BCUT2D eigenvalue weighted by molar-refractivity contribution is 6.33. The lowest BCUT2D eigenvalue weighted by atomic mass is 9.71.